The molecule has 2 aromatic carbocycles. The Morgan fingerprint density at radius 2 is 1.96 bits per heavy atom. The molecule has 2 amide bonds. The molecule has 1 heterocycles. The molecule has 0 unspecified atom stereocenters. The monoisotopic (exact) mass is 308 g/mol. The first kappa shape index (κ1) is 15.3. The minimum Gasteiger partial charge on any atom is -0.324 e. The van der Waals surface area contributed by atoms with Crippen LogP contribution in [0.1, 0.15) is 23.6 Å². The van der Waals surface area contributed by atoms with Gasteiger partial charge in [0, 0.05) is 13.5 Å². The van der Waals surface area contributed by atoms with Crippen molar-refractivity contribution in [1.82, 2.24) is 0 Å². The molecule has 3 rings (SSSR count). The third kappa shape index (κ3) is 3.26. The zero-order valence-electron chi connectivity index (χ0n) is 13.4. The summed E-state index contributed by atoms with van der Waals surface area (Å²) in [6, 6.07) is 13.7. The van der Waals surface area contributed by atoms with Crippen LogP contribution in [0.2, 0.25) is 0 Å². The van der Waals surface area contributed by atoms with Gasteiger partial charge < -0.3 is 10.2 Å². The van der Waals surface area contributed by atoms with E-state index in [9.17, 15) is 9.59 Å². The van der Waals surface area contributed by atoms with E-state index in [1.807, 2.05) is 49.4 Å². The average molecular weight is 308 g/mol. The highest BCUT2D eigenvalue weighted by atomic mass is 16.2. The second kappa shape index (κ2) is 6.24. The lowest BCUT2D eigenvalue weighted by molar-refractivity contribution is -0.117. The molecule has 0 radical (unpaired) electrons. The van der Waals surface area contributed by atoms with Gasteiger partial charge in [0.2, 0.25) is 11.8 Å². The number of hydrogen-bond acceptors (Lipinski definition) is 2. The summed E-state index contributed by atoms with van der Waals surface area (Å²) >= 11 is 0. The van der Waals surface area contributed by atoms with Crippen LogP contribution in [0.5, 0.6) is 0 Å². The maximum Gasteiger partial charge on any atom is 0.228 e. The molecule has 0 spiro atoms. The van der Waals surface area contributed by atoms with Crippen LogP contribution in [0, 0.1) is 6.92 Å². The molecule has 1 aliphatic heterocycles. The molecule has 2 aromatic rings. The number of anilines is 2. The fourth-order valence-corrected chi connectivity index (χ4v) is 3.07. The number of fused-ring (bicyclic) bond motifs is 1. The highest BCUT2D eigenvalue weighted by Gasteiger charge is 2.25. The molecule has 1 aliphatic rings. The minimum absolute atomic E-state index is 0.00383. The molecule has 23 heavy (non-hydrogen) atoms. The van der Waals surface area contributed by atoms with Crippen molar-refractivity contribution in [2.45, 2.75) is 26.7 Å². The van der Waals surface area contributed by atoms with Gasteiger partial charge in [-0.05, 0) is 30.5 Å². The van der Waals surface area contributed by atoms with Gasteiger partial charge in [-0.2, -0.15) is 0 Å². The summed E-state index contributed by atoms with van der Waals surface area (Å²) in [5.74, 6) is -0.0662. The number of amides is 2. The molecule has 0 saturated heterocycles. The van der Waals surface area contributed by atoms with Crippen LogP contribution in [0.15, 0.2) is 42.5 Å². The second-order valence-corrected chi connectivity index (χ2v) is 5.95. The Morgan fingerprint density at radius 1 is 1.17 bits per heavy atom. The van der Waals surface area contributed by atoms with Gasteiger partial charge in [0.15, 0.2) is 0 Å². The van der Waals surface area contributed by atoms with E-state index in [2.05, 4.69) is 5.32 Å². The number of nitrogens with one attached hydrogen (secondary N) is 1. The number of hydrogen-bond donors (Lipinski definition) is 1. The van der Waals surface area contributed by atoms with E-state index in [0.29, 0.717) is 18.7 Å². The standard InChI is InChI=1S/C19H20N2O2/c1-13-5-3-6-15(11-13)12-18(23)20-17-8-4-7-16-9-10-21(14(2)22)19(16)17/h3-8,11H,9-10,12H2,1-2H3,(H,20,23). The first-order chi connectivity index (χ1) is 11.0. The fraction of sp³-hybridized carbons (Fsp3) is 0.263. The highest BCUT2D eigenvalue weighted by Crippen LogP contribution is 2.35. The van der Waals surface area contributed by atoms with E-state index in [1.54, 1.807) is 11.8 Å². The van der Waals surface area contributed by atoms with Gasteiger partial charge in [-0.3, -0.25) is 9.59 Å². The number of benzene rings is 2. The van der Waals surface area contributed by atoms with Gasteiger partial charge in [-0.15, -0.1) is 0 Å². The van der Waals surface area contributed by atoms with Crippen molar-refractivity contribution in [2.75, 3.05) is 16.8 Å². The predicted octanol–water partition coefficient (Wildman–Crippen LogP) is 3.09. The van der Waals surface area contributed by atoms with Crippen molar-refractivity contribution in [3.63, 3.8) is 0 Å². The zero-order chi connectivity index (χ0) is 16.4. The molecule has 118 valence electrons. The minimum atomic E-state index is -0.0700. The largest absolute Gasteiger partial charge is 0.324 e. The van der Waals surface area contributed by atoms with Gasteiger partial charge in [0.05, 0.1) is 17.8 Å². The Hall–Kier alpha value is -2.62. The van der Waals surface area contributed by atoms with Crippen LogP contribution >= 0.6 is 0 Å². The quantitative estimate of drug-likeness (QED) is 0.947. The first-order valence-electron chi connectivity index (χ1n) is 7.80. The van der Waals surface area contributed by atoms with Crippen LogP contribution in [0.4, 0.5) is 11.4 Å². The smallest absolute Gasteiger partial charge is 0.228 e. The highest BCUT2D eigenvalue weighted by molar-refractivity contribution is 6.02. The molecule has 0 saturated carbocycles. The number of carbonyl (C=O) groups is 2. The molecule has 0 bridgehead atoms. The molecule has 4 nitrogen and oxygen atoms in total. The van der Waals surface area contributed by atoms with Crippen molar-refractivity contribution in [2.24, 2.45) is 0 Å². The molecule has 0 aromatic heterocycles. The Balaban J connectivity index is 1.80. The summed E-state index contributed by atoms with van der Waals surface area (Å²) in [6.07, 6.45) is 1.15. The van der Waals surface area contributed by atoms with Crippen LogP contribution < -0.4 is 10.2 Å². The van der Waals surface area contributed by atoms with Gasteiger partial charge >= 0.3 is 0 Å². The number of aryl methyl sites for hydroxylation is 1. The van der Waals surface area contributed by atoms with E-state index in [-0.39, 0.29) is 11.8 Å². The van der Waals surface area contributed by atoms with Gasteiger partial charge in [0.1, 0.15) is 0 Å². The molecule has 0 aliphatic carbocycles. The lowest BCUT2D eigenvalue weighted by atomic mass is 10.1. The molecule has 0 atom stereocenters. The Labute approximate surface area is 136 Å². The second-order valence-electron chi connectivity index (χ2n) is 5.95. The summed E-state index contributed by atoms with van der Waals surface area (Å²) < 4.78 is 0. The summed E-state index contributed by atoms with van der Waals surface area (Å²) in [6.45, 7) is 4.24. The van der Waals surface area contributed by atoms with Crippen LogP contribution in [-0.2, 0) is 22.4 Å². The predicted molar refractivity (Wildman–Crippen MR) is 91.7 cm³/mol. The van der Waals surface area contributed by atoms with Crippen molar-refractivity contribution in [3.05, 3.63) is 59.2 Å². The summed E-state index contributed by atoms with van der Waals surface area (Å²) in [4.78, 5) is 25.9. The number of carbonyl (C=O) groups excluding carboxylic acids is 2. The Morgan fingerprint density at radius 3 is 2.70 bits per heavy atom. The van der Waals surface area contributed by atoms with Crippen LogP contribution in [-0.4, -0.2) is 18.4 Å². The number of para-hydroxylation sites is 1. The van der Waals surface area contributed by atoms with Crippen molar-refractivity contribution < 1.29 is 9.59 Å². The van der Waals surface area contributed by atoms with E-state index < -0.39 is 0 Å². The zero-order valence-corrected chi connectivity index (χ0v) is 13.4. The molecule has 0 fully saturated rings. The molecular formula is C19H20N2O2. The first-order valence-corrected chi connectivity index (χ1v) is 7.80. The van der Waals surface area contributed by atoms with Gasteiger partial charge in [-0.1, -0.05) is 42.0 Å². The van der Waals surface area contributed by atoms with E-state index in [1.165, 1.54) is 0 Å². The maximum absolute atomic E-state index is 12.4. The van der Waals surface area contributed by atoms with Crippen molar-refractivity contribution in [3.8, 4) is 0 Å². The normalized spacial score (nSPS) is 12.9. The molecular weight excluding hydrogens is 288 g/mol. The Kier molecular flexibility index (Phi) is 4.15. The average Bonchev–Trinajstić information content (AvgIpc) is 2.92. The number of nitrogens with zero attached hydrogens (tertiary/aromatic N) is 1. The Bertz CT molecular complexity index is 768. The topological polar surface area (TPSA) is 49.4 Å². The maximum atomic E-state index is 12.4. The van der Waals surface area contributed by atoms with E-state index in [0.717, 1.165) is 28.8 Å². The summed E-state index contributed by atoms with van der Waals surface area (Å²) in [7, 11) is 0. The SMILES string of the molecule is CC(=O)N1CCc2cccc(NC(=O)Cc3cccc(C)c3)c21. The summed E-state index contributed by atoms with van der Waals surface area (Å²) in [5, 5.41) is 2.96. The number of rotatable bonds is 3. The van der Waals surface area contributed by atoms with Crippen molar-refractivity contribution in [1.29, 1.82) is 0 Å². The third-order valence-electron chi connectivity index (χ3n) is 4.10. The molecule has 4 heteroatoms. The fourth-order valence-electron chi connectivity index (χ4n) is 3.07. The lowest BCUT2D eigenvalue weighted by Gasteiger charge is -2.19. The van der Waals surface area contributed by atoms with Gasteiger partial charge in [-0.25, -0.2) is 0 Å². The third-order valence-corrected chi connectivity index (χ3v) is 4.10. The van der Waals surface area contributed by atoms with E-state index >= 15 is 0 Å². The van der Waals surface area contributed by atoms with Crippen molar-refractivity contribution >= 4 is 23.2 Å². The van der Waals surface area contributed by atoms with Crippen LogP contribution in [0.25, 0.3) is 0 Å². The molecule has 1 N–H and O–H groups in total. The summed E-state index contributed by atoms with van der Waals surface area (Å²) in [5.41, 5.74) is 4.79. The van der Waals surface area contributed by atoms with Crippen LogP contribution in [0.3, 0.4) is 0 Å². The van der Waals surface area contributed by atoms with Gasteiger partial charge in [0.25, 0.3) is 0 Å². The van der Waals surface area contributed by atoms with E-state index in [4.69, 9.17) is 0 Å². The lowest BCUT2D eigenvalue weighted by Crippen LogP contribution is -2.27.